The monoisotopic (exact) mass is 593 g/mol. The smallest absolute Gasteiger partial charge is 0.323 e. The van der Waals surface area contributed by atoms with Crippen LogP contribution >= 0.6 is 11.6 Å². The van der Waals surface area contributed by atoms with Crippen molar-refractivity contribution < 1.29 is 27.6 Å². The molecule has 0 saturated heterocycles. The Morgan fingerprint density at radius 3 is 2.52 bits per heavy atom. The SMILES string of the molecule is Cc1cc(CN2C(=O)c3ccc(Cl)cc3NC(=O)C2Cc2ccccn2)ccc1C(=O)Nc1ccc(C(F)(F)F)cn1. The fourth-order valence-electron chi connectivity index (χ4n) is 4.66. The van der Waals surface area contributed by atoms with Gasteiger partial charge >= 0.3 is 6.18 Å². The van der Waals surface area contributed by atoms with E-state index < -0.39 is 29.6 Å². The van der Waals surface area contributed by atoms with E-state index in [2.05, 4.69) is 20.6 Å². The summed E-state index contributed by atoms with van der Waals surface area (Å²) in [6.45, 7) is 1.74. The number of aromatic nitrogens is 2. The zero-order valence-corrected chi connectivity index (χ0v) is 22.8. The summed E-state index contributed by atoms with van der Waals surface area (Å²) in [5.74, 6) is -1.37. The third kappa shape index (κ3) is 6.26. The molecule has 214 valence electrons. The van der Waals surface area contributed by atoms with Crippen LogP contribution in [0.4, 0.5) is 24.7 Å². The fourth-order valence-corrected chi connectivity index (χ4v) is 4.83. The van der Waals surface area contributed by atoms with Crippen LogP contribution < -0.4 is 10.6 Å². The lowest BCUT2D eigenvalue weighted by Gasteiger charge is -2.29. The number of hydrogen-bond acceptors (Lipinski definition) is 5. The minimum absolute atomic E-state index is 0.0335. The number of nitrogens with one attached hydrogen (secondary N) is 2. The molecule has 4 aromatic rings. The van der Waals surface area contributed by atoms with E-state index in [4.69, 9.17) is 11.6 Å². The molecule has 8 nitrogen and oxygen atoms in total. The van der Waals surface area contributed by atoms with Gasteiger partial charge in [0.05, 0.1) is 16.8 Å². The Bertz CT molecular complexity index is 1660. The van der Waals surface area contributed by atoms with Crippen LogP contribution in [0.25, 0.3) is 0 Å². The summed E-state index contributed by atoms with van der Waals surface area (Å²) in [6.07, 6.45) is -2.12. The Balaban J connectivity index is 1.40. The second kappa shape index (κ2) is 11.6. The Hall–Kier alpha value is -4.77. The van der Waals surface area contributed by atoms with Crippen molar-refractivity contribution in [2.24, 2.45) is 0 Å². The van der Waals surface area contributed by atoms with Gasteiger partial charge in [0.15, 0.2) is 0 Å². The first-order valence-electron chi connectivity index (χ1n) is 12.7. The first-order valence-corrected chi connectivity index (χ1v) is 13.1. The summed E-state index contributed by atoms with van der Waals surface area (Å²) in [5.41, 5.74) is 1.77. The first-order chi connectivity index (χ1) is 20.0. The highest BCUT2D eigenvalue weighted by atomic mass is 35.5. The minimum atomic E-state index is -4.54. The highest BCUT2D eigenvalue weighted by Gasteiger charge is 2.36. The maximum Gasteiger partial charge on any atom is 0.417 e. The van der Waals surface area contributed by atoms with Gasteiger partial charge in [0.1, 0.15) is 11.9 Å². The molecule has 1 atom stereocenters. The van der Waals surface area contributed by atoms with Crippen LogP contribution in [0.15, 0.2) is 79.1 Å². The van der Waals surface area contributed by atoms with Gasteiger partial charge in [0, 0.05) is 41.6 Å². The molecule has 0 saturated carbocycles. The number of aryl methyl sites for hydroxylation is 1. The number of hydrogen-bond donors (Lipinski definition) is 2. The van der Waals surface area contributed by atoms with Crippen molar-refractivity contribution in [1.82, 2.24) is 14.9 Å². The molecule has 3 amide bonds. The number of rotatable bonds is 6. The predicted octanol–water partition coefficient (Wildman–Crippen LogP) is 5.92. The molecule has 0 spiro atoms. The molecule has 0 fully saturated rings. The molecular weight excluding hydrogens is 571 g/mol. The average molecular weight is 594 g/mol. The molecule has 42 heavy (non-hydrogen) atoms. The van der Waals surface area contributed by atoms with Crippen LogP contribution in [0, 0.1) is 6.92 Å². The van der Waals surface area contributed by atoms with Crippen LogP contribution in [-0.2, 0) is 23.9 Å². The van der Waals surface area contributed by atoms with Gasteiger partial charge < -0.3 is 15.5 Å². The van der Waals surface area contributed by atoms with Gasteiger partial charge in [-0.15, -0.1) is 0 Å². The highest BCUT2D eigenvalue weighted by Crippen LogP contribution is 2.30. The number of carbonyl (C=O) groups excluding carboxylic acids is 3. The zero-order valence-electron chi connectivity index (χ0n) is 22.1. The van der Waals surface area contributed by atoms with Crippen molar-refractivity contribution in [3.8, 4) is 0 Å². The number of halogens is 4. The summed E-state index contributed by atoms with van der Waals surface area (Å²) in [7, 11) is 0. The molecule has 1 aliphatic rings. The summed E-state index contributed by atoms with van der Waals surface area (Å²) in [5, 5.41) is 5.68. The first kappa shape index (κ1) is 28.7. The van der Waals surface area contributed by atoms with Crippen LogP contribution in [0.3, 0.4) is 0 Å². The lowest BCUT2D eigenvalue weighted by Crippen LogP contribution is -2.46. The van der Waals surface area contributed by atoms with Gasteiger partial charge in [-0.3, -0.25) is 19.4 Å². The maximum atomic E-state index is 13.8. The number of carbonyl (C=O) groups is 3. The van der Waals surface area contributed by atoms with Crippen molar-refractivity contribution in [1.29, 1.82) is 0 Å². The van der Waals surface area contributed by atoms with Gasteiger partial charge in [0.2, 0.25) is 5.91 Å². The number of nitrogens with zero attached hydrogens (tertiary/aromatic N) is 3. The molecule has 2 N–H and O–H groups in total. The standard InChI is InChI=1S/C30H23ClF3N5O3/c1-17-12-18(5-8-22(17)27(40)38-26-10-6-19(15-36-26)30(32,33)34)16-39-25(14-21-4-2-3-11-35-21)28(41)37-24-13-20(31)7-9-23(24)29(39)42/h2-13,15,25H,14,16H2,1H3,(H,37,41)(H,36,38,40). The maximum absolute atomic E-state index is 13.8. The minimum Gasteiger partial charge on any atom is -0.323 e. The van der Waals surface area contributed by atoms with E-state index in [0.29, 0.717) is 33.7 Å². The molecule has 2 aromatic carbocycles. The van der Waals surface area contributed by atoms with Gasteiger partial charge in [-0.1, -0.05) is 29.8 Å². The van der Waals surface area contributed by atoms with Crippen LogP contribution in [0.2, 0.25) is 5.02 Å². The van der Waals surface area contributed by atoms with E-state index in [0.717, 1.165) is 12.1 Å². The van der Waals surface area contributed by atoms with Gasteiger partial charge in [0.25, 0.3) is 11.8 Å². The largest absolute Gasteiger partial charge is 0.417 e. The van der Waals surface area contributed by atoms with Crippen molar-refractivity contribution in [3.05, 3.63) is 118 Å². The summed E-state index contributed by atoms with van der Waals surface area (Å²) < 4.78 is 38.4. The second-order valence-corrected chi connectivity index (χ2v) is 10.1. The lowest BCUT2D eigenvalue weighted by molar-refractivity contribution is -0.137. The molecule has 2 aromatic heterocycles. The number of amides is 3. The number of benzene rings is 2. The van der Waals surface area contributed by atoms with E-state index in [1.54, 1.807) is 61.7 Å². The Labute approximate surface area is 243 Å². The molecule has 5 rings (SSSR count). The summed E-state index contributed by atoms with van der Waals surface area (Å²) >= 11 is 6.12. The van der Waals surface area contributed by atoms with Crippen molar-refractivity contribution in [2.45, 2.75) is 32.1 Å². The molecule has 1 aliphatic heterocycles. The lowest BCUT2D eigenvalue weighted by atomic mass is 10.0. The van der Waals surface area contributed by atoms with E-state index in [1.807, 2.05) is 0 Å². The van der Waals surface area contributed by atoms with E-state index in [-0.39, 0.29) is 35.8 Å². The van der Waals surface area contributed by atoms with Crippen LogP contribution in [0.1, 0.15) is 43.1 Å². The molecule has 1 unspecified atom stereocenters. The van der Waals surface area contributed by atoms with Gasteiger partial charge in [-0.25, -0.2) is 4.98 Å². The van der Waals surface area contributed by atoms with Crippen LogP contribution in [-0.4, -0.2) is 38.6 Å². The summed E-state index contributed by atoms with van der Waals surface area (Å²) in [6, 6.07) is 15.9. The van der Waals surface area contributed by atoms with E-state index >= 15 is 0 Å². The van der Waals surface area contributed by atoms with E-state index in [1.165, 1.54) is 11.0 Å². The van der Waals surface area contributed by atoms with Crippen LogP contribution in [0.5, 0.6) is 0 Å². The predicted molar refractivity (Wildman–Crippen MR) is 150 cm³/mol. The number of fused-ring (bicyclic) bond motifs is 1. The third-order valence-electron chi connectivity index (χ3n) is 6.76. The quantitative estimate of drug-likeness (QED) is 0.289. The summed E-state index contributed by atoms with van der Waals surface area (Å²) in [4.78, 5) is 49.5. The van der Waals surface area contributed by atoms with Crippen molar-refractivity contribution in [2.75, 3.05) is 10.6 Å². The zero-order chi connectivity index (χ0) is 30.0. The number of anilines is 2. The van der Waals surface area contributed by atoms with Crippen molar-refractivity contribution in [3.63, 3.8) is 0 Å². The average Bonchev–Trinajstić information content (AvgIpc) is 3.03. The number of alkyl halides is 3. The molecule has 3 heterocycles. The molecular formula is C30H23ClF3N5O3. The Morgan fingerprint density at radius 1 is 1.05 bits per heavy atom. The Morgan fingerprint density at radius 2 is 1.86 bits per heavy atom. The van der Waals surface area contributed by atoms with Gasteiger partial charge in [-0.05, 0) is 66.6 Å². The molecule has 0 aliphatic carbocycles. The normalized spacial score (nSPS) is 15.1. The van der Waals surface area contributed by atoms with E-state index in [9.17, 15) is 27.6 Å². The van der Waals surface area contributed by atoms with Crippen molar-refractivity contribution >= 4 is 40.8 Å². The Kier molecular flexibility index (Phi) is 7.95. The number of pyridine rings is 2. The highest BCUT2D eigenvalue weighted by molar-refractivity contribution is 6.31. The second-order valence-electron chi connectivity index (χ2n) is 9.69. The third-order valence-corrected chi connectivity index (χ3v) is 6.99. The molecule has 12 heteroatoms. The fraction of sp³-hybridized carbons (Fsp3) is 0.167. The molecule has 0 bridgehead atoms. The topological polar surface area (TPSA) is 104 Å². The molecule has 0 radical (unpaired) electrons. The van der Waals surface area contributed by atoms with Gasteiger partial charge in [-0.2, -0.15) is 13.2 Å².